The summed E-state index contributed by atoms with van der Waals surface area (Å²) in [5.74, 6) is -2.42. The van der Waals surface area contributed by atoms with Gasteiger partial charge in [0.05, 0.1) is 11.3 Å². The van der Waals surface area contributed by atoms with Crippen molar-refractivity contribution in [1.29, 1.82) is 0 Å². The van der Waals surface area contributed by atoms with E-state index < -0.39 is 12.1 Å². The van der Waals surface area contributed by atoms with Crippen molar-refractivity contribution < 1.29 is 33.0 Å². The number of fused-ring (bicyclic) bond motifs is 1. The summed E-state index contributed by atoms with van der Waals surface area (Å²) in [5.41, 5.74) is 6.82. The van der Waals surface area contributed by atoms with E-state index in [-0.39, 0.29) is 16.7 Å². The lowest BCUT2D eigenvalue weighted by Crippen LogP contribution is -2.31. The largest absolute Gasteiger partial charge is 0.507 e. The van der Waals surface area contributed by atoms with Crippen LogP contribution < -0.4 is 5.32 Å². The molecule has 1 aliphatic heterocycles. The van der Waals surface area contributed by atoms with Gasteiger partial charge in [0.2, 0.25) is 0 Å². The first-order valence-corrected chi connectivity index (χ1v) is 12.0. The number of aliphatic carboxylic acids is 1. The highest BCUT2D eigenvalue weighted by Crippen LogP contribution is 2.42. The van der Waals surface area contributed by atoms with E-state index >= 15 is 0 Å². The number of carbonyl (C=O) groups is 2. The van der Waals surface area contributed by atoms with Gasteiger partial charge in [-0.15, -0.1) is 0 Å². The predicted molar refractivity (Wildman–Crippen MR) is 138 cm³/mol. The van der Waals surface area contributed by atoms with Gasteiger partial charge in [-0.05, 0) is 41.2 Å². The van der Waals surface area contributed by atoms with E-state index in [9.17, 15) is 23.1 Å². The number of phenolic OH excluding ortho intramolecular Hbond substituents is 1. The van der Waals surface area contributed by atoms with E-state index in [2.05, 4.69) is 56.8 Å². The lowest BCUT2D eigenvalue weighted by atomic mass is 9.78. The van der Waals surface area contributed by atoms with Crippen molar-refractivity contribution in [2.75, 3.05) is 6.54 Å². The number of nitrogens with one attached hydrogen (secondary N) is 2. The molecular formula is C28H32F3N3O4. The standard InChI is InChI=1S/C26H31N3O2.C2HF3O2/c1-25(2,3)18-11-16(12-19(23(18)30)26(4,5)6)21-13-15(7-9-27-21)22-14-17-20(29-22)8-10-28-24(17)31;3-2(4,5)1(6)7/h7,9,11-14,29-30H,8,10H2,1-6H3,(H,28,31);(H,6,7). The van der Waals surface area contributed by atoms with Crippen molar-refractivity contribution in [2.45, 2.75) is 65.0 Å². The molecular weight excluding hydrogens is 499 g/mol. The Morgan fingerprint density at radius 2 is 1.50 bits per heavy atom. The highest BCUT2D eigenvalue weighted by Gasteiger charge is 2.38. The SMILES string of the molecule is CC(C)(C)c1cc(-c2cc(-c3cc4c([nH]3)CCNC4=O)ccn2)cc(C(C)(C)C)c1O.O=C(O)C(F)(F)F. The number of rotatable bonds is 2. The minimum atomic E-state index is -5.08. The molecule has 0 fully saturated rings. The number of H-pyrrole nitrogens is 1. The minimum absolute atomic E-state index is 0.0267. The number of carboxylic acid groups (broad SMARTS) is 1. The quantitative estimate of drug-likeness (QED) is 0.326. The third-order valence-electron chi connectivity index (χ3n) is 6.14. The van der Waals surface area contributed by atoms with Gasteiger partial charge in [0.1, 0.15) is 5.75 Å². The lowest BCUT2D eigenvalue weighted by Gasteiger charge is -2.28. The summed E-state index contributed by atoms with van der Waals surface area (Å²) >= 11 is 0. The zero-order valence-corrected chi connectivity index (χ0v) is 22.2. The van der Waals surface area contributed by atoms with Crippen molar-refractivity contribution in [3.8, 4) is 28.3 Å². The number of benzene rings is 1. The molecule has 0 atom stereocenters. The van der Waals surface area contributed by atoms with E-state index in [1.54, 1.807) is 6.20 Å². The van der Waals surface area contributed by atoms with Crippen molar-refractivity contribution in [3.63, 3.8) is 0 Å². The van der Waals surface area contributed by atoms with Crippen LogP contribution in [0.5, 0.6) is 5.75 Å². The smallest absolute Gasteiger partial charge is 0.490 e. The molecule has 0 radical (unpaired) electrons. The zero-order chi connectivity index (χ0) is 28.6. The second kappa shape index (κ2) is 10.2. The van der Waals surface area contributed by atoms with E-state index in [1.165, 1.54) is 0 Å². The number of hydrogen-bond donors (Lipinski definition) is 4. The number of aromatic nitrogens is 2. The van der Waals surface area contributed by atoms with Crippen LogP contribution in [0.25, 0.3) is 22.5 Å². The fraction of sp³-hybridized carbons (Fsp3) is 0.393. The molecule has 2 aromatic heterocycles. The molecule has 0 aliphatic carbocycles. The second-order valence-corrected chi connectivity index (χ2v) is 11.2. The van der Waals surface area contributed by atoms with Crippen molar-refractivity contribution >= 4 is 11.9 Å². The Morgan fingerprint density at radius 3 is 1.97 bits per heavy atom. The van der Waals surface area contributed by atoms with Crippen molar-refractivity contribution in [2.24, 2.45) is 0 Å². The first-order chi connectivity index (χ1) is 17.4. The Morgan fingerprint density at radius 1 is 0.947 bits per heavy atom. The summed E-state index contributed by atoms with van der Waals surface area (Å²) in [6, 6.07) is 10.0. The number of nitrogens with zero attached hydrogens (tertiary/aromatic N) is 1. The molecule has 0 saturated heterocycles. The molecule has 204 valence electrons. The number of hydrogen-bond acceptors (Lipinski definition) is 4. The highest BCUT2D eigenvalue weighted by atomic mass is 19.4. The maximum atomic E-state index is 12.1. The first kappa shape index (κ1) is 28.7. The fourth-order valence-corrected chi connectivity index (χ4v) is 4.13. The summed E-state index contributed by atoms with van der Waals surface area (Å²) < 4.78 is 31.7. The molecule has 4 rings (SSSR count). The van der Waals surface area contributed by atoms with Crippen LogP contribution >= 0.6 is 0 Å². The number of alkyl halides is 3. The molecule has 0 bridgehead atoms. The van der Waals surface area contributed by atoms with Gasteiger partial charge in [-0.3, -0.25) is 9.78 Å². The normalized spacial score (nSPS) is 13.8. The number of pyridine rings is 1. The van der Waals surface area contributed by atoms with Gasteiger partial charge >= 0.3 is 12.1 Å². The van der Waals surface area contributed by atoms with Crippen LogP contribution in [0.3, 0.4) is 0 Å². The van der Waals surface area contributed by atoms with Gasteiger partial charge in [-0.1, -0.05) is 41.5 Å². The Hall–Kier alpha value is -3.82. The van der Waals surface area contributed by atoms with Gasteiger partial charge in [0, 0.05) is 52.8 Å². The second-order valence-electron chi connectivity index (χ2n) is 11.2. The molecule has 3 heterocycles. The van der Waals surface area contributed by atoms with Crippen LogP contribution in [0.4, 0.5) is 13.2 Å². The summed E-state index contributed by atoms with van der Waals surface area (Å²) in [5, 5.41) is 21.0. The Kier molecular flexibility index (Phi) is 7.68. The fourth-order valence-electron chi connectivity index (χ4n) is 4.13. The lowest BCUT2D eigenvalue weighted by molar-refractivity contribution is -0.192. The van der Waals surface area contributed by atoms with Gasteiger partial charge < -0.3 is 20.5 Å². The molecule has 38 heavy (non-hydrogen) atoms. The molecule has 1 aliphatic rings. The molecule has 4 N–H and O–H groups in total. The topological polar surface area (TPSA) is 115 Å². The van der Waals surface area contributed by atoms with Crippen molar-refractivity contribution in [1.82, 2.24) is 15.3 Å². The van der Waals surface area contributed by atoms with Crippen LogP contribution in [0, 0.1) is 0 Å². The van der Waals surface area contributed by atoms with Gasteiger partial charge in [-0.25, -0.2) is 4.79 Å². The summed E-state index contributed by atoms with van der Waals surface area (Å²) in [6.07, 6.45) is -2.48. The van der Waals surface area contributed by atoms with Gasteiger partial charge in [0.15, 0.2) is 0 Å². The maximum absolute atomic E-state index is 12.1. The van der Waals surface area contributed by atoms with Crippen LogP contribution in [0.15, 0.2) is 36.5 Å². The number of phenols is 1. The Bertz CT molecular complexity index is 1330. The predicted octanol–water partition coefficient (Wildman–Crippen LogP) is 5.96. The van der Waals surface area contributed by atoms with E-state index in [0.29, 0.717) is 17.9 Å². The van der Waals surface area contributed by atoms with Crippen LogP contribution in [-0.4, -0.2) is 44.8 Å². The van der Waals surface area contributed by atoms with Crippen molar-refractivity contribution in [3.05, 3.63) is 58.9 Å². The number of aromatic hydroxyl groups is 1. The average Bonchev–Trinajstić information content (AvgIpc) is 3.23. The summed E-state index contributed by atoms with van der Waals surface area (Å²) in [4.78, 5) is 29.1. The summed E-state index contributed by atoms with van der Waals surface area (Å²) in [7, 11) is 0. The molecule has 1 aromatic carbocycles. The number of aromatic amines is 1. The number of amides is 1. The van der Waals surface area contributed by atoms with Crippen LogP contribution in [0.1, 0.15) is 68.7 Å². The zero-order valence-electron chi connectivity index (χ0n) is 22.2. The molecule has 10 heteroatoms. The van der Waals surface area contributed by atoms with Crippen LogP contribution in [-0.2, 0) is 22.0 Å². The monoisotopic (exact) mass is 531 g/mol. The molecule has 0 spiro atoms. The molecule has 1 amide bonds. The first-order valence-electron chi connectivity index (χ1n) is 12.0. The number of carboxylic acids is 1. The maximum Gasteiger partial charge on any atom is 0.490 e. The van der Waals surface area contributed by atoms with E-state index in [1.807, 2.05) is 30.3 Å². The molecule has 0 unspecified atom stereocenters. The van der Waals surface area contributed by atoms with Crippen LogP contribution in [0.2, 0.25) is 0 Å². The summed E-state index contributed by atoms with van der Waals surface area (Å²) in [6.45, 7) is 13.3. The molecule has 7 nitrogen and oxygen atoms in total. The molecule has 0 saturated carbocycles. The van der Waals surface area contributed by atoms with Gasteiger partial charge in [0.25, 0.3) is 5.91 Å². The number of halogens is 3. The van der Waals surface area contributed by atoms with E-state index in [0.717, 1.165) is 45.8 Å². The highest BCUT2D eigenvalue weighted by molar-refractivity contribution is 5.97. The average molecular weight is 532 g/mol. The molecule has 3 aromatic rings. The minimum Gasteiger partial charge on any atom is -0.507 e. The third kappa shape index (κ3) is 6.35. The third-order valence-corrected chi connectivity index (χ3v) is 6.14. The Balaban J connectivity index is 0.000000505. The number of carbonyl (C=O) groups excluding carboxylic acids is 1. The Labute approximate surface area is 219 Å². The van der Waals surface area contributed by atoms with Gasteiger partial charge in [-0.2, -0.15) is 13.2 Å². The van der Waals surface area contributed by atoms with E-state index in [4.69, 9.17) is 9.90 Å².